The summed E-state index contributed by atoms with van der Waals surface area (Å²) in [5.74, 6) is 0.130. The average molecular weight is 479 g/mol. The molecule has 178 valence electrons. The Morgan fingerprint density at radius 3 is 2.41 bits per heavy atom. The van der Waals surface area contributed by atoms with Crippen LogP contribution in [0.3, 0.4) is 0 Å². The molecule has 0 amide bonds. The fourth-order valence-electron chi connectivity index (χ4n) is 3.50. The molecule has 2 aliphatic rings. The summed E-state index contributed by atoms with van der Waals surface area (Å²) in [7, 11) is -4.80. The predicted octanol–water partition coefficient (Wildman–Crippen LogP) is -3.40. The van der Waals surface area contributed by atoms with Crippen LogP contribution < -0.4 is 5.73 Å². The molecule has 2 aromatic rings. The lowest BCUT2D eigenvalue weighted by Gasteiger charge is -2.20. The van der Waals surface area contributed by atoms with E-state index in [-0.39, 0.29) is 23.6 Å². The van der Waals surface area contributed by atoms with Crippen molar-refractivity contribution >= 4 is 24.8 Å². The normalized spacial score (nSPS) is 35.7. The average Bonchev–Trinajstić information content (AvgIpc) is 3.36. The van der Waals surface area contributed by atoms with Crippen LogP contribution in [0.25, 0.3) is 11.2 Å². The van der Waals surface area contributed by atoms with Crippen molar-refractivity contribution in [1.82, 2.24) is 19.5 Å². The SMILES string of the molecule is Nc1ncnc2c1ncn2[C@@H]1O[C@H](COC2O[C@H](COP(=O)(O)O)[C@@H](O)[C@@H]2O)[C@@H](O)[C@H]1O. The molecule has 17 heteroatoms. The van der Waals surface area contributed by atoms with Crippen LogP contribution in [0, 0.1) is 0 Å². The van der Waals surface area contributed by atoms with E-state index >= 15 is 0 Å². The van der Waals surface area contributed by atoms with Gasteiger partial charge in [0.2, 0.25) is 0 Å². The number of rotatable bonds is 7. The Hall–Kier alpha value is -1.82. The van der Waals surface area contributed by atoms with E-state index in [4.69, 9.17) is 29.7 Å². The van der Waals surface area contributed by atoms with Gasteiger partial charge in [0.25, 0.3) is 0 Å². The Kier molecular flexibility index (Phi) is 6.45. The topological polar surface area (TPSA) is 245 Å². The molecule has 4 heterocycles. The quantitative estimate of drug-likeness (QED) is 0.191. The van der Waals surface area contributed by atoms with E-state index in [1.165, 1.54) is 17.2 Å². The number of anilines is 1. The van der Waals surface area contributed by atoms with Crippen LogP contribution in [0.4, 0.5) is 5.82 Å². The summed E-state index contributed by atoms with van der Waals surface area (Å²) in [5.41, 5.74) is 6.31. The number of aliphatic hydroxyl groups excluding tert-OH is 4. The molecule has 0 spiro atoms. The van der Waals surface area contributed by atoms with Gasteiger partial charge in [0.15, 0.2) is 24.0 Å². The zero-order chi connectivity index (χ0) is 23.2. The second-order valence-electron chi connectivity index (χ2n) is 7.27. The zero-order valence-corrected chi connectivity index (χ0v) is 17.1. The Labute approximate surface area is 179 Å². The van der Waals surface area contributed by atoms with Crippen molar-refractivity contribution in [2.75, 3.05) is 18.9 Å². The largest absolute Gasteiger partial charge is 0.469 e. The zero-order valence-electron chi connectivity index (χ0n) is 16.2. The maximum Gasteiger partial charge on any atom is 0.469 e. The molecule has 0 aliphatic carbocycles. The van der Waals surface area contributed by atoms with Gasteiger partial charge in [0, 0.05) is 0 Å². The minimum Gasteiger partial charge on any atom is -0.387 e. The van der Waals surface area contributed by atoms with Crippen LogP contribution in [0.5, 0.6) is 0 Å². The molecular weight excluding hydrogens is 457 g/mol. The number of ether oxygens (including phenoxy) is 3. The third kappa shape index (κ3) is 4.48. The van der Waals surface area contributed by atoms with Crippen LogP contribution in [0.1, 0.15) is 6.23 Å². The van der Waals surface area contributed by atoms with Gasteiger partial charge in [-0.2, -0.15) is 0 Å². The molecule has 2 saturated heterocycles. The van der Waals surface area contributed by atoms with Crippen LogP contribution in [-0.4, -0.2) is 106 Å². The summed E-state index contributed by atoms with van der Waals surface area (Å²) >= 11 is 0. The van der Waals surface area contributed by atoms with E-state index in [0.717, 1.165) is 0 Å². The minimum atomic E-state index is -4.80. The first-order chi connectivity index (χ1) is 15.1. The van der Waals surface area contributed by atoms with Crippen LogP contribution >= 0.6 is 7.82 Å². The van der Waals surface area contributed by atoms with Crippen molar-refractivity contribution < 1.29 is 53.5 Å². The second-order valence-corrected chi connectivity index (χ2v) is 8.51. The third-order valence-corrected chi connectivity index (χ3v) is 5.63. The lowest BCUT2D eigenvalue weighted by atomic mass is 10.1. The Morgan fingerprint density at radius 1 is 1.00 bits per heavy atom. The van der Waals surface area contributed by atoms with E-state index in [2.05, 4.69) is 19.5 Å². The molecule has 0 aromatic carbocycles. The standard InChI is InChI=1S/C15H22N5O11P/c16-12-7-13(18-3-17-12)20(4-19-7)14-10(23)8(21)5(30-14)1-28-15-11(24)9(22)6(31-15)2-29-32(25,26)27/h3-6,8-11,14-15,21-24H,1-2H2,(H2,16,17,18)(H2,25,26,27)/t5-,6-,8-,9-,10-,11+,14-,15?/m1/s1. The van der Waals surface area contributed by atoms with Crippen molar-refractivity contribution in [2.24, 2.45) is 0 Å². The summed E-state index contributed by atoms with van der Waals surface area (Å²) in [5, 5.41) is 40.8. The highest BCUT2D eigenvalue weighted by atomic mass is 31.2. The Balaban J connectivity index is 1.39. The van der Waals surface area contributed by atoms with E-state index in [1.54, 1.807) is 0 Å². The molecule has 16 nitrogen and oxygen atoms in total. The maximum atomic E-state index is 10.8. The predicted molar refractivity (Wildman–Crippen MR) is 100 cm³/mol. The fourth-order valence-corrected chi connectivity index (χ4v) is 3.84. The Bertz CT molecular complexity index is 1000. The number of hydrogen-bond acceptors (Lipinski definition) is 13. The highest BCUT2D eigenvalue weighted by molar-refractivity contribution is 7.46. The van der Waals surface area contributed by atoms with Crippen LogP contribution in [0.15, 0.2) is 12.7 Å². The highest BCUT2D eigenvalue weighted by Gasteiger charge is 2.48. The summed E-state index contributed by atoms with van der Waals surface area (Å²) in [6, 6.07) is 0. The minimum absolute atomic E-state index is 0.130. The highest BCUT2D eigenvalue weighted by Crippen LogP contribution is 2.37. The van der Waals surface area contributed by atoms with Crippen molar-refractivity contribution in [3.63, 3.8) is 0 Å². The number of aliphatic hydroxyl groups is 4. The second kappa shape index (κ2) is 8.85. The number of fused-ring (bicyclic) bond motifs is 1. The van der Waals surface area contributed by atoms with Crippen molar-refractivity contribution in [2.45, 2.75) is 49.1 Å². The number of hydrogen-bond donors (Lipinski definition) is 7. The first-order valence-corrected chi connectivity index (χ1v) is 10.9. The van der Waals surface area contributed by atoms with E-state index in [1.807, 2.05) is 0 Å². The maximum absolute atomic E-state index is 10.8. The lowest BCUT2D eigenvalue weighted by molar-refractivity contribution is -0.190. The third-order valence-electron chi connectivity index (χ3n) is 5.15. The first kappa shape index (κ1) is 23.3. The molecule has 2 aliphatic heterocycles. The summed E-state index contributed by atoms with van der Waals surface area (Å²) < 4.78 is 32.8. The number of aromatic nitrogens is 4. The molecule has 0 radical (unpaired) electrons. The fraction of sp³-hybridized carbons (Fsp3) is 0.667. The van der Waals surface area contributed by atoms with Gasteiger partial charge in [-0.1, -0.05) is 0 Å². The van der Waals surface area contributed by atoms with Gasteiger partial charge in [-0.3, -0.25) is 9.09 Å². The molecule has 1 unspecified atom stereocenters. The smallest absolute Gasteiger partial charge is 0.387 e. The molecular formula is C15H22N5O11P. The summed E-state index contributed by atoms with van der Waals surface area (Å²) in [4.78, 5) is 29.5. The molecule has 0 saturated carbocycles. The number of nitrogens with zero attached hydrogens (tertiary/aromatic N) is 4. The van der Waals surface area contributed by atoms with Crippen molar-refractivity contribution in [1.29, 1.82) is 0 Å². The summed E-state index contributed by atoms with van der Waals surface area (Å²) in [6.45, 7) is -1.05. The van der Waals surface area contributed by atoms with Gasteiger partial charge in [0.1, 0.15) is 48.5 Å². The molecule has 2 fully saturated rings. The Morgan fingerprint density at radius 2 is 1.69 bits per heavy atom. The molecule has 8 N–H and O–H groups in total. The number of nitrogen functional groups attached to an aromatic ring is 1. The van der Waals surface area contributed by atoms with Gasteiger partial charge in [-0.05, 0) is 0 Å². The molecule has 2 aromatic heterocycles. The van der Waals surface area contributed by atoms with Gasteiger partial charge >= 0.3 is 7.82 Å². The molecule has 4 rings (SSSR count). The van der Waals surface area contributed by atoms with Crippen molar-refractivity contribution in [3.8, 4) is 0 Å². The van der Waals surface area contributed by atoms with E-state index in [0.29, 0.717) is 0 Å². The molecule has 0 bridgehead atoms. The number of phosphoric acid groups is 1. The van der Waals surface area contributed by atoms with Crippen molar-refractivity contribution in [3.05, 3.63) is 12.7 Å². The van der Waals surface area contributed by atoms with Gasteiger partial charge < -0.3 is 50.2 Å². The van der Waals surface area contributed by atoms with Crippen LogP contribution in [0.2, 0.25) is 0 Å². The van der Waals surface area contributed by atoms with E-state index < -0.39 is 63.6 Å². The number of phosphoric ester groups is 1. The van der Waals surface area contributed by atoms with Gasteiger partial charge in [-0.15, -0.1) is 0 Å². The van der Waals surface area contributed by atoms with Gasteiger partial charge in [-0.25, -0.2) is 19.5 Å². The monoisotopic (exact) mass is 479 g/mol. The van der Waals surface area contributed by atoms with Crippen LogP contribution in [-0.2, 0) is 23.3 Å². The van der Waals surface area contributed by atoms with E-state index in [9.17, 15) is 25.0 Å². The lowest BCUT2D eigenvalue weighted by Crippen LogP contribution is -2.38. The number of nitrogens with two attached hydrogens (primary N) is 1. The molecule has 8 atom stereocenters. The number of imidazole rings is 1. The van der Waals surface area contributed by atoms with Gasteiger partial charge in [0.05, 0.1) is 19.5 Å². The summed E-state index contributed by atoms with van der Waals surface area (Å²) in [6.07, 6.45) is -8.15. The first-order valence-electron chi connectivity index (χ1n) is 9.34. The molecule has 32 heavy (non-hydrogen) atoms.